The van der Waals surface area contributed by atoms with Gasteiger partial charge in [0.15, 0.2) is 0 Å². The molecule has 2 amide bonds. The van der Waals surface area contributed by atoms with Gasteiger partial charge in [-0.2, -0.15) is 0 Å². The number of aromatic carboxylic acids is 1. The smallest absolute Gasteiger partial charge is 0.337 e. The van der Waals surface area contributed by atoms with Gasteiger partial charge in [0.2, 0.25) is 11.8 Å². The molecule has 0 aliphatic heterocycles. The summed E-state index contributed by atoms with van der Waals surface area (Å²) in [4.78, 5) is 41.0. The number of halogens is 1. The van der Waals surface area contributed by atoms with E-state index in [0.29, 0.717) is 26.4 Å². The second kappa shape index (κ2) is 13.5. The quantitative estimate of drug-likeness (QED) is 0.186. The first-order valence-electron chi connectivity index (χ1n) is 13.4. The Bertz CT molecular complexity index is 1550. The van der Waals surface area contributed by atoms with Gasteiger partial charge in [-0.1, -0.05) is 29.8 Å². The van der Waals surface area contributed by atoms with E-state index < -0.39 is 5.97 Å². The van der Waals surface area contributed by atoms with E-state index in [-0.39, 0.29) is 41.6 Å². The molecule has 2 aromatic heterocycles. The lowest BCUT2D eigenvalue weighted by Gasteiger charge is -2.29. The van der Waals surface area contributed by atoms with E-state index in [0.717, 1.165) is 31.4 Å². The average Bonchev–Trinajstić information content (AvgIpc) is 3.43. The van der Waals surface area contributed by atoms with Gasteiger partial charge < -0.3 is 25.2 Å². The van der Waals surface area contributed by atoms with E-state index in [1.165, 1.54) is 17.4 Å². The molecule has 4 aromatic rings. The van der Waals surface area contributed by atoms with Crippen LogP contribution in [-0.4, -0.2) is 40.0 Å². The van der Waals surface area contributed by atoms with E-state index >= 15 is 0 Å². The summed E-state index contributed by atoms with van der Waals surface area (Å²) in [5.41, 5.74) is 0.924. The third kappa shape index (κ3) is 7.86. The van der Waals surface area contributed by atoms with Gasteiger partial charge >= 0.3 is 5.97 Å². The lowest BCUT2D eigenvalue weighted by molar-refractivity contribution is -0.115. The molecule has 3 N–H and O–H groups in total. The van der Waals surface area contributed by atoms with Gasteiger partial charge in [0.05, 0.1) is 33.0 Å². The predicted molar refractivity (Wildman–Crippen MR) is 160 cm³/mol. The molecule has 0 unspecified atom stereocenters. The summed E-state index contributed by atoms with van der Waals surface area (Å²) < 4.78 is 12.6. The maximum absolute atomic E-state index is 12.4. The molecule has 1 saturated carbocycles. The highest BCUT2D eigenvalue weighted by Gasteiger charge is 2.24. The number of carbonyl (C=O) groups is 3. The van der Waals surface area contributed by atoms with Crippen LogP contribution < -0.4 is 20.1 Å². The lowest BCUT2D eigenvalue weighted by Crippen LogP contribution is -2.39. The third-order valence-corrected chi connectivity index (χ3v) is 7.98. The van der Waals surface area contributed by atoms with Crippen molar-refractivity contribution in [1.29, 1.82) is 0 Å². The van der Waals surface area contributed by atoms with Crippen molar-refractivity contribution in [2.24, 2.45) is 0 Å². The van der Waals surface area contributed by atoms with Crippen molar-refractivity contribution in [2.45, 2.75) is 44.2 Å². The number of carbonyl (C=O) groups excluding carboxylic acids is 2. The minimum absolute atomic E-state index is 0.0263. The molecule has 0 saturated heterocycles. The molecule has 0 atom stereocenters. The van der Waals surface area contributed by atoms with Crippen molar-refractivity contribution in [3.63, 3.8) is 0 Å². The summed E-state index contributed by atoms with van der Waals surface area (Å²) in [6.45, 7) is 0. The number of anilines is 1. The maximum atomic E-state index is 12.4. The molecule has 2 heterocycles. The molecular formula is C31H28ClN3O6S. The molecule has 1 aliphatic rings. The number of hydrogen-bond donors (Lipinski definition) is 3. The zero-order valence-electron chi connectivity index (χ0n) is 22.4. The van der Waals surface area contributed by atoms with E-state index in [1.54, 1.807) is 60.8 Å². The molecule has 0 bridgehead atoms. The first kappa shape index (κ1) is 29.1. The number of thiophene rings is 1. The van der Waals surface area contributed by atoms with Gasteiger partial charge in [0.25, 0.3) is 5.91 Å². The molecule has 0 spiro atoms. The molecule has 0 radical (unpaired) electrons. The number of pyridine rings is 1. The lowest BCUT2D eigenvalue weighted by atomic mass is 9.93. The SMILES string of the molecule is O=C(Cc1ccc(Oc2ccc(OC3CCC(NC(=O)c4ccc(Cl)s4)CC3)cc2)nc1)Nc1ccccc1C(=O)O. The van der Waals surface area contributed by atoms with Crippen LogP contribution in [0.3, 0.4) is 0 Å². The van der Waals surface area contributed by atoms with Crippen molar-refractivity contribution in [1.82, 2.24) is 10.3 Å². The molecule has 5 rings (SSSR count). The van der Waals surface area contributed by atoms with Crippen LogP contribution in [0.25, 0.3) is 0 Å². The highest BCUT2D eigenvalue weighted by Crippen LogP contribution is 2.28. The van der Waals surface area contributed by atoms with E-state index in [4.69, 9.17) is 21.1 Å². The van der Waals surface area contributed by atoms with E-state index in [1.807, 2.05) is 12.1 Å². The number of amides is 2. The van der Waals surface area contributed by atoms with E-state index in [2.05, 4.69) is 15.6 Å². The Morgan fingerprint density at radius 1 is 0.929 bits per heavy atom. The third-order valence-electron chi connectivity index (χ3n) is 6.75. The number of nitrogens with one attached hydrogen (secondary N) is 2. The highest BCUT2D eigenvalue weighted by molar-refractivity contribution is 7.18. The molecule has 1 aliphatic carbocycles. The Kier molecular flexibility index (Phi) is 9.35. The first-order chi connectivity index (χ1) is 20.3. The number of aromatic nitrogens is 1. The van der Waals surface area contributed by atoms with Gasteiger partial charge in [-0.05, 0) is 79.8 Å². The summed E-state index contributed by atoms with van der Waals surface area (Å²) in [6, 6.07) is 20.5. The summed E-state index contributed by atoms with van der Waals surface area (Å²) in [5.74, 6) is 0.152. The molecule has 1 fully saturated rings. The fourth-order valence-corrected chi connectivity index (χ4v) is 5.60. The second-order valence-electron chi connectivity index (χ2n) is 9.82. The number of nitrogens with zero attached hydrogens (tertiary/aromatic N) is 1. The Labute approximate surface area is 251 Å². The number of benzene rings is 2. The molecule has 2 aromatic carbocycles. The predicted octanol–water partition coefficient (Wildman–Crippen LogP) is 6.59. The van der Waals surface area contributed by atoms with Crippen molar-refractivity contribution in [3.8, 4) is 17.4 Å². The summed E-state index contributed by atoms with van der Waals surface area (Å²) in [7, 11) is 0. The Morgan fingerprint density at radius 2 is 1.67 bits per heavy atom. The van der Waals surface area contributed by atoms with Crippen molar-refractivity contribution in [2.75, 3.05) is 5.32 Å². The van der Waals surface area contributed by atoms with Gasteiger partial charge in [-0.3, -0.25) is 9.59 Å². The van der Waals surface area contributed by atoms with Crippen LogP contribution >= 0.6 is 22.9 Å². The Hall–Kier alpha value is -4.41. The van der Waals surface area contributed by atoms with Crippen molar-refractivity contribution < 1.29 is 29.0 Å². The zero-order chi connectivity index (χ0) is 29.5. The minimum Gasteiger partial charge on any atom is -0.490 e. The largest absolute Gasteiger partial charge is 0.490 e. The number of ether oxygens (including phenoxy) is 2. The van der Waals surface area contributed by atoms with E-state index in [9.17, 15) is 19.5 Å². The van der Waals surface area contributed by atoms with Crippen LogP contribution in [0.2, 0.25) is 4.34 Å². The molecule has 11 heteroatoms. The standard InChI is InChI=1S/C31H28ClN3O6S/c32-27-15-14-26(42-27)30(37)34-20-6-8-21(9-7-20)40-22-10-12-23(13-11-22)41-29-16-5-19(18-33-29)17-28(36)35-25-4-2-1-3-24(25)31(38)39/h1-5,10-16,18,20-21H,6-9,17H2,(H,34,37)(H,35,36)(H,38,39). The summed E-state index contributed by atoms with van der Waals surface area (Å²) in [6.07, 6.45) is 5.02. The zero-order valence-corrected chi connectivity index (χ0v) is 24.0. The topological polar surface area (TPSA) is 127 Å². The monoisotopic (exact) mass is 605 g/mol. The molecule has 42 heavy (non-hydrogen) atoms. The van der Waals surface area contributed by atoms with Crippen molar-refractivity contribution in [3.05, 3.63) is 99.3 Å². The highest BCUT2D eigenvalue weighted by atomic mass is 35.5. The van der Waals surface area contributed by atoms with Gasteiger partial charge in [0.1, 0.15) is 11.5 Å². The van der Waals surface area contributed by atoms with Crippen LogP contribution in [0.1, 0.15) is 51.3 Å². The fraction of sp³-hybridized carbons (Fsp3) is 0.226. The van der Waals surface area contributed by atoms with Crippen LogP contribution in [0.4, 0.5) is 5.69 Å². The van der Waals surface area contributed by atoms with Crippen LogP contribution in [-0.2, 0) is 11.2 Å². The second-order valence-corrected chi connectivity index (χ2v) is 11.5. The summed E-state index contributed by atoms with van der Waals surface area (Å²) in [5, 5.41) is 15.0. The minimum atomic E-state index is -1.11. The number of carboxylic acid groups (broad SMARTS) is 1. The molecule has 9 nitrogen and oxygen atoms in total. The van der Waals surface area contributed by atoms with Crippen molar-refractivity contribution >= 4 is 46.4 Å². The van der Waals surface area contributed by atoms with Gasteiger partial charge in [0, 0.05) is 18.3 Å². The number of carboxylic acids is 1. The van der Waals surface area contributed by atoms with Gasteiger partial charge in [-0.25, -0.2) is 9.78 Å². The average molecular weight is 606 g/mol. The number of para-hydroxylation sites is 1. The first-order valence-corrected chi connectivity index (χ1v) is 14.6. The Balaban J connectivity index is 1.06. The van der Waals surface area contributed by atoms with Gasteiger partial charge in [-0.15, -0.1) is 11.3 Å². The normalized spacial score (nSPS) is 16.3. The van der Waals surface area contributed by atoms with Crippen LogP contribution in [0.15, 0.2) is 79.0 Å². The summed E-state index contributed by atoms with van der Waals surface area (Å²) >= 11 is 7.21. The molecular weight excluding hydrogens is 578 g/mol. The molecule has 216 valence electrons. The Morgan fingerprint density at radius 3 is 2.33 bits per heavy atom. The maximum Gasteiger partial charge on any atom is 0.337 e. The fourth-order valence-electron chi connectivity index (χ4n) is 4.65. The van der Waals surface area contributed by atoms with Crippen LogP contribution in [0, 0.1) is 0 Å². The number of hydrogen-bond acceptors (Lipinski definition) is 7. The van der Waals surface area contributed by atoms with Crippen LogP contribution in [0.5, 0.6) is 17.4 Å². The number of rotatable bonds is 10.